The Kier molecular flexibility index (Phi) is 7.55. The van der Waals surface area contributed by atoms with Crippen LogP contribution in [0, 0.1) is 6.92 Å². The van der Waals surface area contributed by atoms with E-state index in [1.54, 1.807) is 50.5 Å². The molecule has 1 heterocycles. The van der Waals surface area contributed by atoms with Crippen LogP contribution in [-0.2, 0) is 21.4 Å². The van der Waals surface area contributed by atoms with E-state index in [0.717, 1.165) is 5.56 Å². The van der Waals surface area contributed by atoms with Crippen LogP contribution in [0.5, 0.6) is 11.5 Å². The predicted molar refractivity (Wildman–Crippen MR) is 124 cm³/mol. The molecule has 8 nitrogen and oxygen atoms in total. The van der Waals surface area contributed by atoms with E-state index in [0.29, 0.717) is 29.6 Å². The number of carbonyl (C=O) groups excluding carboxylic acids is 1. The van der Waals surface area contributed by atoms with Gasteiger partial charge in [-0.1, -0.05) is 25.4 Å². The second-order valence-corrected chi connectivity index (χ2v) is 9.44. The number of ether oxygens (including phenoxy) is 1. The van der Waals surface area contributed by atoms with Crippen molar-refractivity contribution in [2.24, 2.45) is 0 Å². The Labute approximate surface area is 192 Å². The van der Waals surface area contributed by atoms with Gasteiger partial charge in [0.05, 0.1) is 16.8 Å². The third kappa shape index (κ3) is 5.67. The Balaban J connectivity index is 1.94. The highest BCUT2D eigenvalue weighted by molar-refractivity contribution is 7.89. The molecule has 0 spiro atoms. The van der Waals surface area contributed by atoms with Gasteiger partial charge in [0, 0.05) is 24.3 Å². The minimum absolute atomic E-state index is 0.0265. The number of carbonyl (C=O) groups is 1. The number of amides is 1. The maximum Gasteiger partial charge on any atom is 0.246 e. The monoisotopic (exact) mass is 476 g/mol. The number of anilines is 1. The lowest BCUT2D eigenvalue weighted by Gasteiger charge is -2.20. The molecule has 1 amide bonds. The molecular weight excluding hydrogens is 452 g/mol. The fourth-order valence-electron chi connectivity index (χ4n) is 3.09. The Hall–Kier alpha value is -2.88. The molecule has 0 unspecified atom stereocenters. The average molecular weight is 477 g/mol. The first-order chi connectivity index (χ1) is 15.2. The predicted octanol–water partition coefficient (Wildman–Crippen LogP) is 4.31. The first kappa shape index (κ1) is 23.8. The maximum absolute atomic E-state index is 13.0. The van der Waals surface area contributed by atoms with Gasteiger partial charge in [-0.3, -0.25) is 9.48 Å². The van der Waals surface area contributed by atoms with Crippen LogP contribution in [0.25, 0.3) is 0 Å². The van der Waals surface area contributed by atoms with E-state index in [1.165, 1.54) is 27.2 Å². The summed E-state index contributed by atoms with van der Waals surface area (Å²) in [6.45, 7) is 6.06. The molecule has 3 rings (SSSR count). The standard InChI is InChI=1S/C22H25ClN4O4S/c1-4-27(5-2)32(29,30)19-10-11-21(31-18-8-6-17(23)7-9-18)20(12-19)25-22(28)15-26-14-16(3)13-24-26/h6-14H,4-5,15H2,1-3H3,(H,25,28). The van der Waals surface area contributed by atoms with Gasteiger partial charge in [0.15, 0.2) is 5.75 Å². The van der Waals surface area contributed by atoms with Gasteiger partial charge in [-0.25, -0.2) is 8.42 Å². The molecule has 3 aromatic rings. The highest BCUT2D eigenvalue weighted by atomic mass is 35.5. The molecular formula is C22H25ClN4O4S. The second-order valence-electron chi connectivity index (χ2n) is 7.07. The number of aryl methyl sites for hydroxylation is 1. The van der Waals surface area contributed by atoms with Crippen molar-refractivity contribution in [2.45, 2.75) is 32.2 Å². The summed E-state index contributed by atoms with van der Waals surface area (Å²) in [4.78, 5) is 12.7. The van der Waals surface area contributed by atoms with Gasteiger partial charge in [0.1, 0.15) is 12.3 Å². The molecule has 2 aromatic carbocycles. The SMILES string of the molecule is CCN(CC)S(=O)(=O)c1ccc(Oc2ccc(Cl)cc2)c(NC(=O)Cn2cc(C)cn2)c1. The molecule has 0 fully saturated rings. The van der Waals surface area contributed by atoms with Crippen LogP contribution in [0.3, 0.4) is 0 Å². The Bertz CT molecular complexity index is 1190. The van der Waals surface area contributed by atoms with Crippen LogP contribution < -0.4 is 10.1 Å². The summed E-state index contributed by atoms with van der Waals surface area (Å²) >= 11 is 5.93. The van der Waals surface area contributed by atoms with E-state index in [4.69, 9.17) is 16.3 Å². The number of nitrogens with one attached hydrogen (secondary N) is 1. The minimum atomic E-state index is -3.72. The number of hydrogen-bond acceptors (Lipinski definition) is 5. The highest BCUT2D eigenvalue weighted by Crippen LogP contribution is 2.33. The smallest absolute Gasteiger partial charge is 0.246 e. The third-order valence-electron chi connectivity index (χ3n) is 4.68. The number of rotatable bonds is 9. The maximum atomic E-state index is 13.0. The Morgan fingerprint density at radius 2 is 1.84 bits per heavy atom. The lowest BCUT2D eigenvalue weighted by atomic mass is 10.2. The van der Waals surface area contributed by atoms with Crippen LogP contribution in [-0.4, -0.2) is 41.5 Å². The van der Waals surface area contributed by atoms with E-state index in [9.17, 15) is 13.2 Å². The van der Waals surface area contributed by atoms with Crippen molar-refractivity contribution in [3.63, 3.8) is 0 Å². The Morgan fingerprint density at radius 3 is 2.44 bits per heavy atom. The summed E-state index contributed by atoms with van der Waals surface area (Å²) in [5.74, 6) is 0.425. The van der Waals surface area contributed by atoms with Crippen LogP contribution in [0.1, 0.15) is 19.4 Å². The lowest BCUT2D eigenvalue weighted by Crippen LogP contribution is -2.30. The highest BCUT2D eigenvalue weighted by Gasteiger charge is 2.23. The molecule has 0 saturated heterocycles. The number of benzene rings is 2. The lowest BCUT2D eigenvalue weighted by molar-refractivity contribution is -0.116. The van der Waals surface area contributed by atoms with Gasteiger partial charge in [0.25, 0.3) is 0 Å². The summed E-state index contributed by atoms with van der Waals surface area (Å²) in [6, 6.07) is 11.1. The summed E-state index contributed by atoms with van der Waals surface area (Å²) in [7, 11) is -3.72. The van der Waals surface area contributed by atoms with Crippen molar-refractivity contribution in [3.8, 4) is 11.5 Å². The largest absolute Gasteiger partial charge is 0.455 e. The summed E-state index contributed by atoms with van der Waals surface area (Å²) in [5.41, 5.74) is 1.17. The second kappa shape index (κ2) is 10.2. The molecule has 0 radical (unpaired) electrons. The normalized spacial score (nSPS) is 11.5. The number of aromatic nitrogens is 2. The van der Waals surface area contributed by atoms with Crippen molar-refractivity contribution in [1.82, 2.24) is 14.1 Å². The van der Waals surface area contributed by atoms with E-state index in [1.807, 2.05) is 6.92 Å². The quantitative estimate of drug-likeness (QED) is 0.496. The molecule has 10 heteroatoms. The molecule has 0 aliphatic heterocycles. The van der Waals surface area contributed by atoms with Crippen LogP contribution >= 0.6 is 11.6 Å². The summed E-state index contributed by atoms with van der Waals surface area (Å²) in [6.07, 6.45) is 3.39. The molecule has 0 aliphatic carbocycles. The number of sulfonamides is 1. The fraction of sp³-hybridized carbons (Fsp3) is 0.273. The zero-order valence-electron chi connectivity index (χ0n) is 18.1. The summed E-state index contributed by atoms with van der Waals surface area (Å²) < 4.78 is 34.7. The number of hydrogen-bond donors (Lipinski definition) is 1. The summed E-state index contributed by atoms with van der Waals surface area (Å²) in [5, 5.41) is 7.42. The molecule has 170 valence electrons. The van der Waals surface area contributed by atoms with Crippen molar-refractivity contribution in [3.05, 3.63) is 65.4 Å². The van der Waals surface area contributed by atoms with Crippen molar-refractivity contribution >= 4 is 33.2 Å². The fourth-order valence-corrected chi connectivity index (χ4v) is 4.70. The number of nitrogens with zero attached hydrogens (tertiary/aromatic N) is 3. The van der Waals surface area contributed by atoms with E-state index in [2.05, 4.69) is 10.4 Å². The van der Waals surface area contributed by atoms with Gasteiger partial charge in [-0.15, -0.1) is 0 Å². The average Bonchev–Trinajstić information content (AvgIpc) is 3.15. The van der Waals surface area contributed by atoms with Gasteiger partial charge in [0.2, 0.25) is 15.9 Å². The van der Waals surface area contributed by atoms with Crippen LogP contribution in [0.15, 0.2) is 59.8 Å². The molecule has 32 heavy (non-hydrogen) atoms. The van der Waals surface area contributed by atoms with E-state index in [-0.39, 0.29) is 23.0 Å². The molecule has 0 aliphatic rings. The van der Waals surface area contributed by atoms with Gasteiger partial charge >= 0.3 is 0 Å². The van der Waals surface area contributed by atoms with E-state index < -0.39 is 10.0 Å². The molecule has 0 saturated carbocycles. The molecule has 0 atom stereocenters. The van der Waals surface area contributed by atoms with Crippen molar-refractivity contribution in [2.75, 3.05) is 18.4 Å². The van der Waals surface area contributed by atoms with Crippen LogP contribution in [0.2, 0.25) is 5.02 Å². The van der Waals surface area contributed by atoms with E-state index >= 15 is 0 Å². The minimum Gasteiger partial charge on any atom is -0.455 e. The zero-order chi connectivity index (χ0) is 23.3. The first-order valence-corrected chi connectivity index (χ1v) is 11.9. The molecule has 1 aromatic heterocycles. The number of halogens is 1. The Morgan fingerprint density at radius 1 is 1.16 bits per heavy atom. The topological polar surface area (TPSA) is 93.5 Å². The first-order valence-electron chi connectivity index (χ1n) is 10.1. The van der Waals surface area contributed by atoms with Crippen molar-refractivity contribution in [1.29, 1.82) is 0 Å². The van der Waals surface area contributed by atoms with Gasteiger partial charge in [-0.2, -0.15) is 9.40 Å². The van der Waals surface area contributed by atoms with Crippen LogP contribution in [0.4, 0.5) is 5.69 Å². The third-order valence-corrected chi connectivity index (χ3v) is 6.98. The molecule has 0 bridgehead atoms. The zero-order valence-corrected chi connectivity index (χ0v) is 19.7. The van der Waals surface area contributed by atoms with Gasteiger partial charge < -0.3 is 10.1 Å². The molecule has 1 N–H and O–H groups in total. The van der Waals surface area contributed by atoms with Crippen molar-refractivity contribution < 1.29 is 17.9 Å². The van der Waals surface area contributed by atoms with Gasteiger partial charge in [-0.05, 0) is 55.0 Å².